The van der Waals surface area contributed by atoms with Gasteiger partial charge in [0, 0.05) is 0 Å². The van der Waals surface area contributed by atoms with Crippen LogP contribution in [0.4, 0.5) is 0 Å². The molecule has 0 radical (unpaired) electrons. The summed E-state index contributed by atoms with van der Waals surface area (Å²) in [4.78, 5) is 50.6. The van der Waals surface area contributed by atoms with Gasteiger partial charge in [0.2, 0.25) is 0 Å². The number of rotatable bonds is 90. The van der Waals surface area contributed by atoms with Crippen LogP contribution in [0.1, 0.15) is 557 Å². The molecule has 0 heterocycles. The Morgan fingerprint density at radius 1 is 0.224 bits per heavy atom. The van der Waals surface area contributed by atoms with Gasteiger partial charge in [-0.1, -0.05) is 422 Å². The van der Waals surface area contributed by atoms with Crippen LogP contribution in [0.5, 0.6) is 0 Å². The van der Waals surface area contributed by atoms with Crippen molar-refractivity contribution in [2.75, 3.05) is 26.4 Å². The third-order valence-corrected chi connectivity index (χ3v) is 25.8. The summed E-state index contributed by atoms with van der Waals surface area (Å²) in [5.74, 6) is -3.67. The Hall–Kier alpha value is -3.64. The van der Waals surface area contributed by atoms with Crippen LogP contribution >= 0.6 is 0 Å². The first-order valence-corrected chi connectivity index (χ1v) is 54.9. The molecule has 17 heteroatoms. The molecular weight excluding hydrogens is 1630 g/mol. The van der Waals surface area contributed by atoms with Crippen molar-refractivity contribution in [2.45, 2.75) is 525 Å². The number of allylic oxidation sites excluding steroid dienone is 8. The first kappa shape index (κ1) is 121. The Bertz CT molecular complexity index is 2950. The topological polar surface area (TPSA) is 220 Å². The van der Waals surface area contributed by atoms with Crippen LogP contribution < -0.4 is 0 Å². The van der Waals surface area contributed by atoms with Crippen molar-refractivity contribution < 1.29 is 64.1 Å². The maximum absolute atomic E-state index is 13.1. The first-order valence-electron chi connectivity index (χ1n) is 52.1. The van der Waals surface area contributed by atoms with Crippen LogP contribution in [0.15, 0.2) is 94.8 Å². The summed E-state index contributed by atoms with van der Waals surface area (Å²) in [6, 6.07) is 7.23. The molecule has 0 saturated carbocycles. The van der Waals surface area contributed by atoms with Gasteiger partial charge in [-0.05, 0) is 178 Å². The number of hydrogen-bond acceptors (Lipinski definition) is 14. The second-order valence-electron chi connectivity index (χ2n) is 35.6. The van der Waals surface area contributed by atoms with Gasteiger partial charge < -0.3 is 28.1 Å². The minimum Gasteiger partial charge on any atom is -0.744 e. The van der Waals surface area contributed by atoms with E-state index in [1.807, 2.05) is 0 Å². The molecule has 2 aromatic carbocycles. The van der Waals surface area contributed by atoms with Gasteiger partial charge in [0.15, 0.2) is 0 Å². The molecule has 2 aromatic rings. The number of benzene rings is 2. The molecule has 125 heavy (non-hydrogen) atoms. The van der Waals surface area contributed by atoms with E-state index in [-0.39, 0.29) is 75.3 Å². The number of ether oxygens (including phenoxy) is 4. The Labute approximate surface area is 798 Å². The fourth-order valence-corrected chi connectivity index (χ4v) is 17.5. The number of carbonyl (C=O) groups is 4. The largest absolute Gasteiger partial charge is 2.00 e. The minimum absolute atomic E-state index is 0. The predicted molar refractivity (Wildman–Crippen MR) is 526 cm³/mol. The fraction of sp³-hybridized carbons (Fsp3) is 0.778. The van der Waals surface area contributed by atoms with Crippen LogP contribution in [0.2, 0.25) is 0 Å². The van der Waals surface area contributed by atoms with Gasteiger partial charge in [0.1, 0.15) is 20.2 Å². The zero-order valence-corrected chi connectivity index (χ0v) is 84.7. The first-order chi connectivity index (χ1) is 60.6. The summed E-state index contributed by atoms with van der Waals surface area (Å²) in [5, 5.41) is 0. The van der Waals surface area contributed by atoms with Gasteiger partial charge in [-0.25, -0.2) is 36.0 Å². The predicted octanol–water partition coefficient (Wildman–Crippen LogP) is 33.4. The molecule has 0 amide bonds. The zero-order valence-electron chi connectivity index (χ0n) is 80.9. The molecule has 0 unspecified atom stereocenters. The molecule has 0 aliphatic rings. The Balaban J connectivity index is 0.00000244. The van der Waals surface area contributed by atoms with E-state index >= 15 is 0 Å². The molecule has 716 valence electrons. The van der Waals surface area contributed by atoms with Gasteiger partial charge in [0.25, 0.3) is 0 Å². The van der Waals surface area contributed by atoms with Crippen LogP contribution in [0, 0.1) is 0 Å². The van der Waals surface area contributed by atoms with Crippen LogP contribution in [0.3, 0.4) is 0 Å². The minimum atomic E-state index is -5.03. The summed E-state index contributed by atoms with van der Waals surface area (Å²) in [6.45, 7) is 9.50. The molecule has 0 bridgehead atoms. The quantitative estimate of drug-likeness (QED) is 0.0150. The Kier molecular flexibility index (Phi) is 89.5. The maximum Gasteiger partial charge on any atom is 2.00 e. The molecule has 0 spiro atoms. The summed E-state index contributed by atoms with van der Waals surface area (Å²) in [7, 11) is -10.1. The van der Waals surface area contributed by atoms with Crippen molar-refractivity contribution in [3.05, 3.63) is 107 Å². The van der Waals surface area contributed by atoms with Gasteiger partial charge in [-0.15, -0.1) is 0 Å². The van der Waals surface area contributed by atoms with Crippen molar-refractivity contribution in [3.63, 3.8) is 0 Å². The SMILES string of the molecule is CCCCCCCCCCCCCCCC/C=C/CCCCCOC(=O)c1cccc(S(=O)(=O)[O-])c1C(=O)OCCCCC/C=C/CCCCCCCCCCCCCCCC.CCCCCCCCCCCCCCCC/C=C/CCCCCOC(=O)c1cccc(S(=O)(=O)[O-])c1C(=O)OCCCCC/C=C/CCCCCCCCCCCCCCCC.[Ca+2]. The average Bonchev–Trinajstić information content (AvgIpc) is 0.795. The van der Waals surface area contributed by atoms with Crippen LogP contribution in [-0.2, 0) is 39.2 Å². The van der Waals surface area contributed by atoms with E-state index in [0.29, 0.717) is 25.7 Å². The summed E-state index contributed by atoms with van der Waals surface area (Å²) >= 11 is 0. The van der Waals surface area contributed by atoms with E-state index in [0.717, 1.165) is 115 Å². The van der Waals surface area contributed by atoms with E-state index in [2.05, 4.69) is 76.3 Å². The molecule has 0 fully saturated rings. The van der Waals surface area contributed by atoms with E-state index in [1.165, 1.54) is 384 Å². The zero-order chi connectivity index (χ0) is 90.1. The smallest absolute Gasteiger partial charge is 0.744 e. The molecule has 0 N–H and O–H groups in total. The molecule has 0 saturated heterocycles. The third kappa shape index (κ3) is 76.6. The number of carbonyl (C=O) groups excluding carboxylic acids is 4. The van der Waals surface area contributed by atoms with Gasteiger partial charge in [-0.2, -0.15) is 0 Å². The molecule has 0 aromatic heterocycles. The van der Waals surface area contributed by atoms with E-state index < -0.39 is 65.0 Å². The monoisotopic (exact) mass is 1810 g/mol. The number of hydrogen-bond donors (Lipinski definition) is 0. The second kappa shape index (κ2) is 92.2. The summed E-state index contributed by atoms with van der Waals surface area (Å²) < 4.78 is 93.8. The standard InChI is InChI=1S/2C54H94O7S.Ca/c2*1-3-5-7-9-11-13-15-17-19-21-23-25-27-29-31-33-35-37-39-41-43-48-60-53(55)50-46-45-47-51(62(57,58)59)52(50)54(56)61-49-44-42-40-38-36-34-32-30-28-26-24-22-20-18-16-14-12-10-8-6-4-2;/h2*33-36,45-47H,3-32,37-44,48-49H2,1-2H3,(H,57,58,59);/q;;+2/p-2/b2*35-33+,36-34+;. The average molecular weight is 1810 g/mol. The molecule has 0 aliphatic heterocycles. The van der Waals surface area contributed by atoms with Gasteiger partial charge in [-0.3, -0.25) is 0 Å². The summed E-state index contributed by atoms with van der Waals surface area (Å²) in [5.41, 5.74) is -1.60. The van der Waals surface area contributed by atoms with Crippen molar-refractivity contribution in [1.82, 2.24) is 0 Å². The maximum atomic E-state index is 13.1. The van der Waals surface area contributed by atoms with Crippen molar-refractivity contribution in [3.8, 4) is 0 Å². The number of esters is 4. The van der Waals surface area contributed by atoms with Crippen molar-refractivity contribution in [1.29, 1.82) is 0 Å². The third-order valence-electron chi connectivity index (χ3n) is 24.0. The fourth-order valence-electron chi connectivity index (χ4n) is 16.1. The molecule has 0 aliphatic carbocycles. The van der Waals surface area contributed by atoms with Crippen LogP contribution in [0.25, 0.3) is 0 Å². The molecule has 2 rings (SSSR count). The van der Waals surface area contributed by atoms with Gasteiger partial charge in [0.05, 0.1) is 58.5 Å². The number of unbranched alkanes of at least 4 members (excludes halogenated alkanes) is 68. The molecular formula is C108H186CaO14S2. The van der Waals surface area contributed by atoms with E-state index in [9.17, 15) is 45.1 Å². The summed E-state index contributed by atoms with van der Waals surface area (Å²) in [6.07, 6.45) is 113. The van der Waals surface area contributed by atoms with E-state index in [1.54, 1.807) is 0 Å². The molecule has 0 atom stereocenters. The Morgan fingerprint density at radius 2 is 0.368 bits per heavy atom. The van der Waals surface area contributed by atoms with E-state index in [4.69, 9.17) is 18.9 Å². The Morgan fingerprint density at radius 3 is 0.528 bits per heavy atom. The van der Waals surface area contributed by atoms with Crippen molar-refractivity contribution in [2.24, 2.45) is 0 Å². The second-order valence-corrected chi connectivity index (χ2v) is 38.3. The molecule has 14 nitrogen and oxygen atoms in total. The van der Waals surface area contributed by atoms with Gasteiger partial charge >= 0.3 is 61.6 Å². The normalized spacial score (nSPS) is 11.8. The van der Waals surface area contributed by atoms with Crippen molar-refractivity contribution >= 4 is 81.9 Å². The van der Waals surface area contributed by atoms with Crippen LogP contribution in [-0.4, -0.2) is 114 Å².